The minimum atomic E-state index is -0.250. The Bertz CT molecular complexity index is 1410. The molecule has 64 heavy (non-hydrogen) atoms. The van der Waals surface area contributed by atoms with E-state index in [9.17, 15) is 4.39 Å². The van der Waals surface area contributed by atoms with Crippen molar-refractivity contribution < 1.29 is 24.2 Å². The topological polar surface area (TPSA) is 89.9 Å². The van der Waals surface area contributed by atoms with Crippen LogP contribution in [-0.2, 0) is 9.59 Å². The summed E-state index contributed by atoms with van der Waals surface area (Å²) in [4.78, 5) is 19.4. The predicted octanol–water partition coefficient (Wildman–Crippen LogP) is 15.0. The van der Waals surface area contributed by atoms with Crippen LogP contribution in [-0.4, -0.2) is 78.0 Å². The average molecular weight is 915 g/mol. The van der Waals surface area contributed by atoms with Gasteiger partial charge < -0.3 is 20.4 Å². The first-order valence-corrected chi connectivity index (χ1v) is 27.6. The van der Waals surface area contributed by atoms with Gasteiger partial charge in [0, 0.05) is 43.2 Å². The summed E-state index contributed by atoms with van der Waals surface area (Å²) >= 11 is 2.13. The third-order valence-electron chi connectivity index (χ3n) is 17.6. The van der Waals surface area contributed by atoms with Crippen LogP contribution in [0.3, 0.4) is 0 Å². The number of nitrogens with zero attached hydrogens (tertiary/aromatic N) is 1. The van der Waals surface area contributed by atoms with E-state index in [0.29, 0.717) is 16.4 Å². The molecule has 7 aliphatic rings. The highest BCUT2D eigenvalue weighted by Gasteiger charge is 2.65. The molecule has 0 amide bonds. The van der Waals surface area contributed by atoms with Crippen molar-refractivity contribution in [1.29, 1.82) is 0 Å². The number of thioether (sulfide) groups is 1. The fraction of sp³-hybridized carbons (Fsp3) is 0.857. The van der Waals surface area contributed by atoms with Crippen LogP contribution in [0.1, 0.15) is 203 Å². The van der Waals surface area contributed by atoms with Crippen molar-refractivity contribution in [3.8, 4) is 0 Å². The van der Waals surface area contributed by atoms with Crippen molar-refractivity contribution in [2.75, 3.05) is 44.4 Å². The molecule has 6 aliphatic carbocycles. The average Bonchev–Trinajstić information content (AvgIpc) is 3.70. The van der Waals surface area contributed by atoms with Crippen LogP contribution in [0.2, 0.25) is 0 Å². The Balaban J connectivity index is 0.000000414. The quantitative estimate of drug-likeness (QED) is 0.0856. The van der Waals surface area contributed by atoms with E-state index in [1.807, 2.05) is 13.8 Å². The van der Waals surface area contributed by atoms with Crippen molar-refractivity contribution in [3.63, 3.8) is 0 Å². The summed E-state index contributed by atoms with van der Waals surface area (Å²) in [7, 11) is 0. The van der Waals surface area contributed by atoms with Crippen LogP contribution in [0.25, 0.3) is 0 Å². The maximum Gasteiger partial charge on any atom is 0.290 e. The number of carboxylic acid groups (broad SMARTS) is 2. The fourth-order valence-corrected chi connectivity index (χ4v) is 15.8. The number of halogens is 1. The molecule has 5 fully saturated rings. The lowest BCUT2D eigenvalue weighted by Gasteiger charge is -2.68. The van der Waals surface area contributed by atoms with E-state index in [-0.39, 0.29) is 31.0 Å². The second kappa shape index (κ2) is 28.6. The van der Waals surface area contributed by atoms with Gasteiger partial charge in [0.1, 0.15) is 0 Å². The van der Waals surface area contributed by atoms with Crippen LogP contribution in [0.15, 0.2) is 35.5 Å². The number of alkyl halides is 1. The molecule has 6 nitrogen and oxygen atoms in total. The molecule has 1 aliphatic heterocycles. The lowest BCUT2D eigenvalue weighted by Crippen LogP contribution is -2.64. The van der Waals surface area contributed by atoms with Gasteiger partial charge in [0.2, 0.25) is 0 Å². The summed E-state index contributed by atoms with van der Waals surface area (Å²) in [6.45, 7) is 27.1. The van der Waals surface area contributed by atoms with Crippen LogP contribution >= 0.6 is 11.8 Å². The first-order chi connectivity index (χ1) is 30.7. The van der Waals surface area contributed by atoms with Crippen LogP contribution < -0.4 is 5.32 Å². The zero-order chi connectivity index (χ0) is 47.2. The Morgan fingerprint density at radius 3 is 1.94 bits per heavy atom. The number of nitrogens with one attached hydrogen (secondary N) is 1. The summed E-state index contributed by atoms with van der Waals surface area (Å²) in [5.74, 6) is 7.32. The van der Waals surface area contributed by atoms with Gasteiger partial charge in [0.15, 0.2) is 0 Å². The van der Waals surface area contributed by atoms with E-state index in [2.05, 4.69) is 82.3 Å². The summed E-state index contributed by atoms with van der Waals surface area (Å²) in [5, 5.41) is 18.1. The smallest absolute Gasteiger partial charge is 0.290 e. The van der Waals surface area contributed by atoms with Gasteiger partial charge in [0.25, 0.3) is 12.9 Å². The summed E-state index contributed by atoms with van der Waals surface area (Å²) in [6.07, 6.45) is 37.0. The van der Waals surface area contributed by atoms with Crippen LogP contribution in [0.5, 0.6) is 0 Å². The van der Waals surface area contributed by atoms with Crippen molar-refractivity contribution in [2.45, 2.75) is 209 Å². The van der Waals surface area contributed by atoms with E-state index in [4.69, 9.17) is 19.8 Å². The summed E-state index contributed by atoms with van der Waals surface area (Å²) < 4.78 is 13.4. The van der Waals surface area contributed by atoms with E-state index < -0.39 is 0 Å². The first kappa shape index (κ1) is 56.7. The van der Waals surface area contributed by atoms with E-state index in [1.54, 1.807) is 11.1 Å². The van der Waals surface area contributed by atoms with Crippen LogP contribution in [0.4, 0.5) is 4.39 Å². The Kier molecular flexibility index (Phi) is 25.4. The van der Waals surface area contributed by atoms with Crippen molar-refractivity contribution in [3.05, 3.63) is 35.5 Å². The maximum absolute atomic E-state index is 13.4. The molecule has 6 unspecified atom stereocenters. The molecule has 0 aromatic carbocycles. The standard InChI is InChI=1S/C38H61FN2S.C12H26.C4H8.2CH2O2/c1-35(2)30(28-9-7-27(26-39)8-10-28)13-17-37(4)33(35)15-18-36(3)31-14-19-38(40-20-21-41-22-24-42-25-23-41)16-5-6-32(38)29(31)11-12-34(36)37;1-3-5-7-9-11-12-10-8-6-4-2;1-4(2)3;2*2-1-3/h9,13,27,29,31-34,40H,5-8,10-12,14-26H2,1-4H3;3-12H2,1-2H3;1H2,2-3H3;2*1H,(H,2,3)/t27?,29?,31?,32-,33+,34+,36?,37?,38?;;;;/m1..../s1. The number of fused-ring (bicyclic) bond motifs is 7. The molecule has 0 bridgehead atoms. The minimum absolute atomic E-state index is 0.148. The fourth-order valence-electron chi connectivity index (χ4n) is 14.8. The molecule has 7 rings (SSSR count). The highest BCUT2D eigenvalue weighted by molar-refractivity contribution is 7.99. The van der Waals surface area contributed by atoms with Gasteiger partial charge in [-0.2, -0.15) is 11.8 Å². The Morgan fingerprint density at radius 2 is 1.39 bits per heavy atom. The van der Waals surface area contributed by atoms with Crippen molar-refractivity contribution in [1.82, 2.24) is 10.2 Å². The minimum Gasteiger partial charge on any atom is -0.483 e. The van der Waals surface area contributed by atoms with Gasteiger partial charge in [-0.15, -0.1) is 6.58 Å². The molecule has 9 atom stereocenters. The molecule has 0 radical (unpaired) electrons. The molecule has 3 N–H and O–H groups in total. The number of unbranched alkanes of at least 4 members (excludes halogenated alkanes) is 9. The van der Waals surface area contributed by atoms with Gasteiger partial charge in [-0.25, -0.2) is 0 Å². The molecule has 8 heteroatoms. The molecular formula is C56H99FN2O4S. The maximum atomic E-state index is 13.4. The van der Waals surface area contributed by atoms with Gasteiger partial charge in [-0.05, 0) is 154 Å². The van der Waals surface area contributed by atoms with E-state index >= 15 is 0 Å². The third kappa shape index (κ3) is 15.2. The molecule has 0 spiro atoms. The van der Waals surface area contributed by atoms with E-state index in [1.165, 1.54) is 172 Å². The zero-order valence-corrected chi connectivity index (χ0v) is 43.5. The zero-order valence-electron chi connectivity index (χ0n) is 42.6. The molecule has 370 valence electrons. The van der Waals surface area contributed by atoms with Gasteiger partial charge >= 0.3 is 0 Å². The highest BCUT2D eigenvalue weighted by atomic mass is 32.2. The second-order valence-electron chi connectivity index (χ2n) is 22.4. The number of allylic oxidation sites excluding steroid dienone is 5. The third-order valence-corrected chi connectivity index (χ3v) is 18.6. The van der Waals surface area contributed by atoms with Gasteiger partial charge in [-0.1, -0.05) is 130 Å². The number of carbonyl (C=O) groups is 2. The molecule has 4 saturated carbocycles. The van der Waals surface area contributed by atoms with Gasteiger partial charge in [-0.3, -0.25) is 14.0 Å². The predicted molar refractivity (Wildman–Crippen MR) is 273 cm³/mol. The SMILES string of the molecule is C=C(C)C.CC1(C)C(C2=CCC(CF)CC2)=CCC2(C)[C@H]1CCC1(C)C3CCC4(NCCN5CCSCC5)CCC[C@@H]4C3CC[C@@H]12.CCCCCCCCCCCC.O=CO.O=CO. The number of hydrogen-bond acceptors (Lipinski definition) is 5. The molecule has 0 aromatic rings. The normalized spacial score (nSPS) is 33.6. The highest BCUT2D eigenvalue weighted by Crippen LogP contribution is 2.72. The largest absolute Gasteiger partial charge is 0.483 e. The van der Waals surface area contributed by atoms with Crippen molar-refractivity contribution >= 4 is 24.7 Å². The Hall–Kier alpha value is -1.64. The Labute approximate surface area is 397 Å². The second-order valence-corrected chi connectivity index (χ2v) is 23.6. The first-order valence-electron chi connectivity index (χ1n) is 26.5. The summed E-state index contributed by atoms with van der Waals surface area (Å²) in [5.41, 5.74) is 5.96. The van der Waals surface area contributed by atoms with E-state index in [0.717, 1.165) is 48.9 Å². The van der Waals surface area contributed by atoms with Crippen molar-refractivity contribution in [2.24, 2.45) is 51.8 Å². The molecule has 1 saturated heterocycles. The lowest BCUT2D eigenvalue weighted by atomic mass is 9.37. The molecule has 1 heterocycles. The lowest BCUT2D eigenvalue weighted by molar-refractivity contribution is -0.175. The number of rotatable bonds is 15. The van der Waals surface area contributed by atoms with Gasteiger partial charge in [0.05, 0.1) is 6.67 Å². The monoisotopic (exact) mass is 915 g/mol. The number of hydrogen-bond donors (Lipinski definition) is 3. The summed E-state index contributed by atoms with van der Waals surface area (Å²) in [6, 6.07) is 0. The molecule has 0 aromatic heterocycles. The Morgan fingerprint density at radius 1 is 0.797 bits per heavy atom. The molecular weight excluding hydrogens is 816 g/mol. The van der Waals surface area contributed by atoms with Crippen LogP contribution in [0, 0.1) is 51.8 Å².